The molecule has 0 amide bonds. The molecule has 0 spiro atoms. The second-order valence-electron chi connectivity index (χ2n) is 2.42. The van der Waals surface area contributed by atoms with Crippen molar-refractivity contribution in [1.29, 1.82) is 0 Å². The lowest BCUT2D eigenvalue weighted by Gasteiger charge is -2.41. The molecule has 1 rings (SSSR count). The van der Waals surface area contributed by atoms with Gasteiger partial charge in [-0.3, -0.25) is 10.2 Å². The number of alkyl halides is 2. The summed E-state index contributed by atoms with van der Waals surface area (Å²) in [5.41, 5.74) is 0. The molecule has 3 nitrogen and oxygen atoms in total. The van der Waals surface area contributed by atoms with E-state index in [4.69, 9.17) is 5.11 Å². The molecule has 0 aromatic rings. The molecule has 5 heteroatoms. The van der Waals surface area contributed by atoms with Crippen molar-refractivity contribution in [1.82, 2.24) is 10.2 Å². The zero-order chi connectivity index (χ0) is 7.78. The van der Waals surface area contributed by atoms with Crippen molar-refractivity contribution < 1.29 is 13.9 Å². The molecule has 10 heavy (non-hydrogen) atoms. The molecule has 1 fully saturated rings. The van der Waals surface area contributed by atoms with Crippen molar-refractivity contribution >= 4 is 0 Å². The molecule has 60 valence electrons. The molecule has 0 aliphatic carbocycles. The summed E-state index contributed by atoms with van der Waals surface area (Å²) in [7, 11) is 1.52. The molecule has 0 bridgehead atoms. The molecule has 0 aromatic carbocycles. The zero-order valence-corrected chi connectivity index (χ0v) is 5.64. The zero-order valence-electron chi connectivity index (χ0n) is 5.64. The van der Waals surface area contributed by atoms with Crippen LogP contribution in [0.25, 0.3) is 0 Å². The van der Waals surface area contributed by atoms with Gasteiger partial charge in [0.05, 0.1) is 13.1 Å². The fraction of sp³-hybridized carbons (Fsp3) is 1.00. The van der Waals surface area contributed by atoms with Crippen LogP contribution in [0.1, 0.15) is 0 Å². The quantitative estimate of drug-likeness (QED) is 0.520. The van der Waals surface area contributed by atoms with Gasteiger partial charge in [0, 0.05) is 0 Å². The lowest BCUT2D eigenvalue weighted by atomic mass is 10.2. The summed E-state index contributed by atoms with van der Waals surface area (Å²) in [6.45, 7) is -0.704. The molecule has 1 saturated heterocycles. The molecular weight excluding hydrogens is 142 g/mol. The van der Waals surface area contributed by atoms with E-state index in [1.807, 2.05) is 0 Å². The van der Waals surface area contributed by atoms with Crippen molar-refractivity contribution in [2.24, 2.45) is 0 Å². The maximum Gasteiger partial charge on any atom is 0.273 e. The Balaban J connectivity index is 2.26. The number of aliphatic hydroxyl groups is 1. The highest BCUT2D eigenvalue weighted by Crippen LogP contribution is 2.26. The maximum atomic E-state index is 12.1. The molecule has 0 aromatic heterocycles. The Hall–Kier alpha value is -0.260. The van der Waals surface area contributed by atoms with E-state index in [2.05, 4.69) is 5.32 Å². The monoisotopic (exact) mass is 152 g/mol. The van der Waals surface area contributed by atoms with Crippen LogP contribution in [0.4, 0.5) is 8.78 Å². The van der Waals surface area contributed by atoms with Gasteiger partial charge in [-0.15, -0.1) is 0 Å². The van der Waals surface area contributed by atoms with Crippen LogP contribution in [0.5, 0.6) is 0 Å². The van der Waals surface area contributed by atoms with Gasteiger partial charge in [-0.25, -0.2) is 8.78 Å². The summed E-state index contributed by atoms with van der Waals surface area (Å²) in [5.74, 6) is -2.60. The van der Waals surface area contributed by atoms with Crippen molar-refractivity contribution in [3.05, 3.63) is 0 Å². The number of rotatable bonds is 2. The van der Waals surface area contributed by atoms with Crippen LogP contribution >= 0.6 is 0 Å². The lowest BCUT2D eigenvalue weighted by molar-refractivity contribution is -0.190. The average Bonchev–Trinajstić information content (AvgIpc) is 1.81. The molecule has 0 radical (unpaired) electrons. The van der Waals surface area contributed by atoms with Crippen molar-refractivity contribution in [3.8, 4) is 0 Å². The van der Waals surface area contributed by atoms with Gasteiger partial charge >= 0.3 is 0 Å². The van der Waals surface area contributed by atoms with E-state index in [-0.39, 0.29) is 13.1 Å². The van der Waals surface area contributed by atoms with Crippen LogP contribution in [0.2, 0.25) is 0 Å². The summed E-state index contributed by atoms with van der Waals surface area (Å²) in [4.78, 5) is 1.25. The normalized spacial score (nSPS) is 27.6. The molecule has 0 saturated carbocycles. The summed E-state index contributed by atoms with van der Waals surface area (Å²) < 4.78 is 24.2. The van der Waals surface area contributed by atoms with Gasteiger partial charge in [0.2, 0.25) is 0 Å². The van der Waals surface area contributed by atoms with E-state index in [0.717, 1.165) is 0 Å². The van der Waals surface area contributed by atoms with E-state index in [9.17, 15) is 8.78 Å². The standard InChI is InChI=1S/C5H10F2N2O/c1-8-4(10)9-2-5(6,7)3-9/h4,8,10H,2-3H2,1H3. The topological polar surface area (TPSA) is 35.5 Å². The Kier molecular flexibility index (Phi) is 1.89. The number of nitrogens with one attached hydrogen (secondary N) is 1. The van der Waals surface area contributed by atoms with E-state index in [1.165, 1.54) is 11.9 Å². The average molecular weight is 152 g/mol. The smallest absolute Gasteiger partial charge is 0.273 e. The lowest BCUT2D eigenvalue weighted by Crippen LogP contribution is -2.62. The van der Waals surface area contributed by atoms with E-state index in [1.54, 1.807) is 0 Å². The molecular formula is C5H10F2N2O. The van der Waals surface area contributed by atoms with Gasteiger partial charge < -0.3 is 5.11 Å². The summed E-state index contributed by atoms with van der Waals surface area (Å²) in [6.07, 6.45) is -0.931. The first-order chi connectivity index (χ1) is 4.55. The second kappa shape index (κ2) is 2.41. The Morgan fingerprint density at radius 2 is 2.10 bits per heavy atom. The third-order valence-corrected chi connectivity index (χ3v) is 1.47. The third kappa shape index (κ3) is 1.42. The molecule has 1 unspecified atom stereocenters. The van der Waals surface area contributed by atoms with Crippen LogP contribution in [0, 0.1) is 0 Å². The van der Waals surface area contributed by atoms with Crippen molar-refractivity contribution in [2.75, 3.05) is 20.1 Å². The predicted octanol–water partition coefficient (Wildman–Crippen LogP) is -0.567. The first-order valence-electron chi connectivity index (χ1n) is 3.02. The number of halogens is 2. The fourth-order valence-corrected chi connectivity index (χ4v) is 0.903. The Labute approximate surface area is 57.6 Å². The van der Waals surface area contributed by atoms with Gasteiger partial charge in [-0.1, -0.05) is 0 Å². The SMILES string of the molecule is CNC(O)N1CC(F)(F)C1. The first kappa shape index (κ1) is 7.84. The highest BCUT2D eigenvalue weighted by molar-refractivity contribution is 4.87. The van der Waals surface area contributed by atoms with E-state index < -0.39 is 12.3 Å². The maximum absolute atomic E-state index is 12.1. The molecule has 1 aliphatic heterocycles. The summed E-state index contributed by atoms with van der Waals surface area (Å²) >= 11 is 0. The van der Waals surface area contributed by atoms with Crippen LogP contribution in [-0.2, 0) is 0 Å². The largest absolute Gasteiger partial charge is 0.365 e. The Bertz CT molecular complexity index is 123. The summed E-state index contributed by atoms with van der Waals surface area (Å²) in [5, 5.41) is 11.3. The number of likely N-dealkylation sites (tertiary alicyclic amines) is 1. The van der Waals surface area contributed by atoms with Crippen molar-refractivity contribution in [2.45, 2.75) is 12.3 Å². The molecule has 1 aliphatic rings. The number of hydrogen-bond acceptors (Lipinski definition) is 3. The first-order valence-corrected chi connectivity index (χ1v) is 3.02. The Morgan fingerprint density at radius 1 is 1.60 bits per heavy atom. The Morgan fingerprint density at radius 3 is 2.40 bits per heavy atom. The van der Waals surface area contributed by atoms with Gasteiger partial charge in [0.25, 0.3) is 5.92 Å². The molecule has 1 heterocycles. The minimum Gasteiger partial charge on any atom is -0.365 e. The molecule has 2 N–H and O–H groups in total. The summed E-state index contributed by atoms with van der Waals surface area (Å²) in [6, 6.07) is 0. The molecule has 1 atom stereocenters. The van der Waals surface area contributed by atoms with E-state index in [0.29, 0.717) is 0 Å². The second-order valence-corrected chi connectivity index (χ2v) is 2.42. The minimum atomic E-state index is -2.60. The highest BCUT2D eigenvalue weighted by atomic mass is 19.3. The predicted molar refractivity (Wildman–Crippen MR) is 31.6 cm³/mol. The number of hydrogen-bond donors (Lipinski definition) is 2. The van der Waals surface area contributed by atoms with Crippen molar-refractivity contribution in [3.63, 3.8) is 0 Å². The fourth-order valence-electron chi connectivity index (χ4n) is 0.903. The van der Waals surface area contributed by atoms with Crippen LogP contribution in [0.15, 0.2) is 0 Å². The van der Waals surface area contributed by atoms with Gasteiger partial charge in [-0.05, 0) is 7.05 Å². The number of nitrogens with zero attached hydrogens (tertiary/aromatic N) is 1. The number of aliphatic hydroxyl groups excluding tert-OH is 1. The van der Waals surface area contributed by atoms with Crippen LogP contribution < -0.4 is 5.32 Å². The minimum absolute atomic E-state index is 0.352. The van der Waals surface area contributed by atoms with Crippen LogP contribution in [-0.4, -0.2) is 42.4 Å². The van der Waals surface area contributed by atoms with Gasteiger partial charge in [0.15, 0.2) is 6.35 Å². The van der Waals surface area contributed by atoms with Crippen LogP contribution in [0.3, 0.4) is 0 Å². The van der Waals surface area contributed by atoms with Gasteiger partial charge in [-0.2, -0.15) is 0 Å². The highest BCUT2D eigenvalue weighted by Gasteiger charge is 2.46. The van der Waals surface area contributed by atoms with Gasteiger partial charge in [0.1, 0.15) is 0 Å². The van der Waals surface area contributed by atoms with E-state index >= 15 is 0 Å². The third-order valence-electron chi connectivity index (χ3n) is 1.47.